The van der Waals surface area contributed by atoms with E-state index < -0.39 is 0 Å². The molecule has 1 atom stereocenters. The van der Waals surface area contributed by atoms with Gasteiger partial charge >= 0.3 is 0 Å². The SMILES string of the molecule is CCN(CC)C(=O)c1cccc(NC(=O)C(C)N2CCCCCC2)c1. The van der Waals surface area contributed by atoms with Crippen molar-refractivity contribution in [2.45, 2.75) is 52.5 Å². The van der Waals surface area contributed by atoms with Gasteiger partial charge in [-0.1, -0.05) is 18.9 Å². The van der Waals surface area contributed by atoms with Gasteiger partial charge in [-0.25, -0.2) is 0 Å². The number of amides is 2. The van der Waals surface area contributed by atoms with Gasteiger partial charge < -0.3 is 10.2 Å². The number of benzene rings is 1. The zero-order chi connectivity index (χ0) is 18.2. The minimum absolute atomic E-state index is 0.00154. The second-order valence-corrected chi connectivity index (χ2v) is 6.67. The third-order valence-corrected chi connectivity index (χ3v) is 5.00. The van der Waals surface area contributed by atoms with E-state index in [1.807, 2.05) is 32.9 Å². The molecule has 0 bridgehead atoms. The first-order chi connectivity index (χ1) is 12.1. The van der Waals surface area contributed by atoms with Gasteiger partial charge in [-0.3, -0.25) is 14.5 Å². The van der Waals surface area contributed by atoms with Crippen molar-refractivity contribution < 1.29 is 9.59 Å². The summed E-state index contributed by atoms with van der Waals surface area (Å²) >= 11 is 0. The van der Waals surface area contributed by atoms with Crippen LogP contribution in [0.2, 0.25) is 0 Å². The van der Waals surface area contributed by atoms with E-state index >= 15 is 0 Å². The maximum absolute atomic E-state index is 12.6. The van der Waals surface area contributed by atoms with Crippen molar-refractivity contribution in [2.75, 3.05) is 31.5 Å². The summed E-state index contributed by atoms with van der Waals surface area (Å²) in [5, 5.41) is 2.98. The molecule has 0 aliphatic carbocycles. The zero-order valence-corrected chi connectivity index (χ0v) is 15.8. The summed E-state index contributed by atoms with van der Waals surface area (Å²) in [4.78, 5) is 29.1. The molecule has 1 aliphatic heterocycles. The molecule has 5 nitrogen and oxygen atoms in total. The first kappa shape index (κ1) is 19.4. The van der Waals surface area contributed by atoms with Crippen LogP contribution in [0.3, 0.4) is 0 Å². The minimum atomic E-state index is -0.153. The molecule has 138 valence electrons. The smallest absolute Gasteiger partial charge is 0.253 e. The highest BCUT2D eigenvalue weighted by Gasteiger charge is 2.22. The predicted octanol–water partition coefficient (Wildman–Crippen LogP) is 3.37. The van der Waals surface area contributed by atoms with Crippen LogP contribution < -0.4 is 5.32 Å². The van der Waals surface area contributed by atoms with Gasteiger partial charge in [-0.05, 0) is 64.9 Å². The molecule has 2 rings (SSSR count). The lowest BCUT2D eigenvalue weighted by Crippen LogP contribution is -2.42. The first-order valence-corrected chi connectivity index (χ1v) is 9.51. The topological polar surface area (TPSA) is 52.7 Å². The van der Waals surface area contributed by atoms with Gasteiger partial charge in [0.2, 0.25) is 5.91 Å². The molecule has 1 unspecified atom stereocenters. The second-order valence-electron chi connectivity index (χ2n) is 6.67. The monoisotopic (exact) mass is 345 g/mol. The molecule has 1 aromatic carbocycles. The van der Waals surface area contributed by atoms with E-state index in [1.165, 1.54) is 12.8 Å². The van der Waals surface area contributed by atoms with Crippen molar-refractivity contribution in [1.82, 2.24) is 9.80 Å². The Kier molecular flexibility index (Phi) is 7.44. The van der Waals surface area contributed by atoms with E-state index in [1.54, 1.807) is 17.0 Å². The van der Waals surface area contributed by atoms with E-state index in [9.17, 15) is 9.59 Å². The van der Waals surface area contributed by atoms with Gasteiger partial charge in [-0.15, -0.1) is 0 Å². The molecule has 0 saturated carbocycles. The fourth-order valence-electron chi connectivity index (χ4n) is 3.32. The van der Waals surface area contributed by atoms with Gasteiger partial charge in [-0.2, -0.15) is 0 Å². The molecule has 1 aromatic rings. The number of nitrogens with one attached hydrogen (secondary N) is 1. The molecule has 1 saturated heterocycles. The Morgan fingerprint density at radius 2 is 1.76 bits per heavy atom. The van der Waals surface area contributed by atoms with Crippen molar-refractivity contribution in [3.8, 4) is 0 Å². The van der Waals surface area contributed by atoms with E-state index in [0.717, 1.165) is 25.9 Å². The van der Waals surface area contributed by atoms with Crippen LogP contribution in [0.1, 0.15) is 56.8 Å². The molecule has 1 fully saturated rings. The highest BCUT2D eigenvalue weighted by Crippen LogP contribution is 2.16. The molecule has 5 heteroatoms. The third kappa shape index (κ3) is 5.30. The van der Waals surface area contributed by atoms with E-state index in [0.29, 0.717) is 24.3 Å². The average Bonchev–Trinajstić information content (AvgIpc) is 2.91. The molecule has 0 spiro atoms. The van der Waals surface area contributed by atoms with E-state index in [-0.39, 0.29) is 17.9 Å². The van der Waals surface area contributed by atoms with E-state index in [4.69, 9.17) is 0 Å². The van der Waals surface area contributed by atoms with Crippen LogP contribution in [-0.4, -0.2) is 53.8 Å². The van der Waals surface area contributed by atoms with Crippen LogP contribution in [0.25, 0.3) is 0 Å². The summed E-state index contributed by atoms with van der Waals surface area (Å²) in [6.45, 7) is 9.22. The Balaban J connectivity index is 2.03. The minimum Gasteiger partial charge on any atom is -0.339 e. The number of carbonyl (C=O) groups is 2. The summed E-state index contributed by atoms with van der Waals surface area (Å²) in [6.07, 6.45) is 4.82. The summed E-state index contributed by atoms with van der Waals surface area (Å²) in [6, 6.07) is 7.08. The Morgan fingerprint density at radius 1 is 1.12 bits per heavy atom. The lowest BCUT2D eigenvalue weighted by atomic mass is 10.1. The lowest BCUT2D eigenvalue weighted by Gasteiger charge is -2.26. The Hall–Kier alpha value is -1.88. The van der Waals surface area contributed by atoms with Gasteiger partial charge in [0.05, 0.1) is 6.04 Å². The zero-order valence-electron chi connectivity index (χ0n) is 15.8. The maximum Gasteiger partial charge on any atom is 0.253 e. The van der Waals surface area contributed by atoms with Crippen molar-refractivity contribution in [1.29, 1.82) is 0 Å². The molecule has 25 heavy (non-hydrogen) atoms. The number of rotatable bonds is 6. The number of likely N-dealkylation sites (tertiary alicyclic amines) is 1. The normalized spacial score (nSPS) is 16.8. The molecule has 1 aliphatic rings. The molecule has 2 amide bonds. The van der Waals surface area contributed by atoms with Crippen molar-refractivity contribution in [3.63, 3.8) is 0 Å². The summed E-state index contributed by atoms with van der Waals surface area (Å²) in [7, 11) is 0. The molecule has 1 heterocycles. The highest BCUT2D eigenvalue weighted by molar-refractivity contribution is 5.98. The van der Waals surface area contributed by atoms with Gasteiger partial charge in [0.25, 0.3) is 5.91 Å². The standard InChI is InChI=1S/C20H31N3O2/c1-4-22(5-2)20(25)17-11-10-12-18(15-17)21-19(24)16(3)23-13-8-6-7-9-14-23/h10-12,15-16H,4-9,13-14H2,1-3H3,(H,21,24). The molecule has 1 N–H and O–H groups in total. The number of carbonyl (C=O) groups excluding carboxylic acids is 2. The largest absolute Gasteiger partial charge is 0.339 e. The summed E-state index contributed by atoms with van der Waals surface area (Å²) in [5.74, 6) is -0.00370. The molecular weight excluding hydrogens is 314 g/mol. The Morgan fingerprint density at radius 3 is 2.36 bits per heavy atom. The highest BCUT2D eigenvalue weighted by atomic mass is 16.2. The van der Waals surface area contributed by atoms with E-state index in [2.05, 4.69) is 10.2 Å². The quantitative estimate of drug-likeness (QED) is 0.860. The summed E-state index contributed by atoms with van der Waals surface area (Å²) < 4.78 is 0. The van der Waals surface area contributed by atoms with Crippen LogP contribution in [-0.2, 0) is 4.79 Å². The average molecular weight is 345 g/mol. The van der Waals surface area contributed by atoms with Crippen molar-refractivity contribution in [2.24, 2.45) is 0 Å². The Bertz CT molecular complexity index is 576. The number of hydrogen-bond acceptors (Lipinski definition) is 3. The van der Waals surface area contributed by atoms with Gasteiger partial charge in [0, 0.05) is 24.3 Å². The molecule has 0 radical (unpaired) electrons. The van der Waals surface area contributed by atoms with Crippen LogP contribution in [0.4, 0.5) is 5.69 Å². The van der Waals surface area contributed by atoms with Crippen LogP contribution in [0, 0.1) is 0 Å². The number of anilines is 1. The Labute approximate surface area is 151 Å². The molecule has 0 aromatic heterocycles. The van der Waals surface area contributed by atoms with Crippen LogP contribution >= 0.6 is 0 Å². The fraction of sp³-hybridized carbons (Fsp3) is 0.600. The van der Waals surface area contributed by atoms with Gasteiger partial charge in [0.15, 0.2) is 0 Å². The number of nitrogens with zero attached hydrogens (tertiary/aromatic N) is 2. The third-order valence-electron chi connectivity index (χ3n) is 5.00. The van der Waals surface area contributed by atoms with Crippen molar-refractivity contribution in [3.05, 3.63) is 29.8 Å². The lowest BCUT2D eigenvalue weighted by molar-refractivity contribution is -0.120. The predicted molar refractivity (Wildman–Crippen MR) is 102 cm³/mol. The van der Waals surface area contributed by atoms with Crippen LogP contribution in [0.5, 0.6) is 0 Å². The summed E-state index contributed by atoms with van der Waals surface area (Å²) in [5.41, 5.74) is 1.30. The second kappa shape index (κ2) is 9.56. The molecular formula is C20H31N3O2. The maximum atomic E-state index is 12.6. The van der Waals surface area contributed by atoms with Crippen molar-refractivity contribution >= 4 is 17.5 Å². The van der Waals surface area contributed by atoms with Gasteiger partial charge in [0.1, 0.15) is 0 Å². The fourth-order valence-corrected chi connectivity index (χ4v) is 3.32. The first-order valence-electron chi connectivity index (χ1n) is 9.51. The number of hydrogen-bond donors (Lipinski definition) is 1. The van der Waals surface area contributed by atoms with Crippen LogP contribution in [0.15, 0.2) is 24.3 Å².